The number of amides is 1. The van der Waals surface area contributed by atoms with Gasteiger partial charge in [0.15, 0.2) is 0 Å². The van der Waals surface area contributed by atoms with Gasteiger partial charge >= 0.3 is 6.18 Å². The van der Waals surface area contributed by atoms with Gasteiger partial charge < -0.3 is 10.5 Å². The van der Waals surface area contributed by atoms with E-state index in [0.717, 1.165) is 6.07 Å². The van der Waals surface area contributed by atoms with Crippen LogP contribution in [0.1, 0.15) is 28.4 Å². The van der Waals surface area contributed by atoms with Crippen molar-refractivity contribution in [1.29, 1.82) is 0 Å². The predicted molar refractivity (Wildman–Crippen MR) is 55.9 cm³/mol. The normalized spacial score (nSPS) is 11.4. The largest absolute Gasteiger partial charge is 0.496 e. The van der Waals surface area contributed by atoms with Gasteiger partial charge in [0.05, 0.1) is 18.2 Å². The minimum absolute atomic E-state index is 0.0577. The molecule has 0 fully saturated rings. The van der Waals surface area contributed by atoms with Crippen molar-refractivity contribution >= 4 is 5.91 Å². The number of carbonyl (C=O) groups excluding carboxylic acids is 1. The van der Waals surface area contributed by atoms with Gasteiger partial charge in [-0.15, -0.1) is 0 Å². The third-order valence-corrected chi connectivity index (χ3v) is 2.38. The van der Waals surface area contributed by atoms with Crippen LogP contribution in [0, 0.1) is 0 Å². The molecule has 0 aliphatic carbocycles. The number of hydrogen-bond donors (Lipinski definition) is 1. The molecule has 3 nitrogen and oxygen atoms in total. The van der Waals surface area contributed by atoms with Gasteiger partial charge in [0.2, 0.25) is 0 Å². The first-order valence-electron chi connectivity index (χ1n) is 4.89. The Balaban J connectivity index is 3.50. The molecule has 0 saturated carbocycles. The maximum absolute atomic E-state index is 12.7. The number of halogens is 3. The molecule has 0 unspecified atom stereocenters. The molecule has 0 bridgehead atoms. The summed E-state index contributed by atoms with van der Waals surface area (Å²) in [7, 11) is 1.27. The molecule has 0 saturated heterocycles. The van der Waals surface area contributed by atoms with Crippen molar-refractivity contribution in [3.05, 3.63) is 28.8 Å². The molecule has 1 aromatic rings. The standard InChI is InChI=1S/C11H12F3NO2/c1-3-6-4-9(17-2)7(10(15)16)5-8(6)11(12,13)14/h4-5H,3H2,1-2H3,(H2,15,16). The number of hydrogen-bond acceptors (Lipinski definition) is 2. The number of alkyl halides is 3. The van der Waals surface area contributed by atoms with Crippen LogP contribution in [0.3, 0.4) is 0 Å². The zero-order valence-electron chi connectivity index (χ0n) is 9.39. The van der Waals surface area contributed by atoms with E-state index in [0.29, 0.717) is 0 Å². The van der Waals surface area contributed by atoms with Crippen LogP contribution in [0.5, 0.6) is 5.75 Å². The summed E-state index contributed by atoms with van der Waals surface area (Å²) < 4.78 is 43.0. The summed E-state index contributed by atoms with van der Waals surface area (Å²) in [6, 6.07) is 1.93. The zero-order chi connectivity index (χ0) is 13.2. The quantitative estimate of drug-likeness (QED) is 0.891. The van der Waals surface area contributed by atoms with Crippen molar-refractivity contribution in [1.82, 2.24) is 0 Å². The monoisotopic (exact) mass is 247 g/mol. The molecule has 1 rings (SSSR count). The van der Waals surface area contributed by atoms with E-state index in [1.807, 2.05) is 0 Å². The van der Waals surface area contributed by atoms with E-state index >= 15 is 0 Å². The lowest BCUT2D eigenvalue weighted by Gasteiger charge is -2.15. The number of aryl methyl sites for hydroxylation is 1. The maximum Gasteiger partial charge on any atom is 0.416 e. The molecule has 94 valence electrons. The molecule has 0 aliphatic heterocycles. The van der Waals surface area contributed by atoms with E-state index in [4.69, 9.17) is 10.5 Å². The maximum atomic E-state index is 12.7. The van der Waals surface area contributed by atoms with Gasteiger partial charge in [-0.25, -0.2) is 0 Å². The molecule has 0 aromatic heterocycles. The van der Waals surface area contributed by atoms with Crippen molar-refractivity contribution < 1.29 is 22.7 Å². The zero-order valence-corrected chi connectivity index (χ0v) is 9.39. The van der Waals surface area contributed by atoms with Crippen LogP contribution in [0.25, 0.3) is 0 Å². The molecule has 0 radical (unpaired) electrons. The molecule has 0 heterocycles. The van der Waals surface area contributed by atoms with Crippen LogP contribution in [0.2, 0.25) is 0 Å². The minimum Gasteiger partial charge on any atom is -0.496 e. The van der Waals surface area contributed by atoms with Crippen LogP contribution in [0.4, 0.5) is 13.2 Å². The third-order valence-electron chi connectivity index (χ3n) is 2.38. The van der Waals surface area contributed by atoms with Crippen LogP contribution in [-0.2, 0) is 12.6 Å². The third kappa shape index (κ3) is 2.69. The topological polar surface area (TPSA) is 52.3 Å². The summed E-state index contributed by atoms with van der Waals surface area (Å²) in [4.78, 5) is 11.0. The molecule has 0 aliphatic rings. The van der Waals surface area contributed by atoms with Crippen LogP contribution in [-0.4, -0.2) is 13.0 Å². The Morgan fingerprint density at radius 2 is 2.00 bits per heavy atom. The molecule has 6 heteroatoms. The average molecular weight is 247 g/mol. The fourth-order valence-corrected chi connectivity index (χ4v) is 1.54. The highest BCUT2D eigenvalue weighted by Crippen LogP contribution is 2.35. The summed E-state index contributed by atoms with van der Waals surface area (Å²) in [5.41, 5.74) is 3.96. The highest BCUT2D eigenvalue weighted by molar-refractivity contribution is 5.96. The smallest absolute Gasteiger partial charge is 0.416 e. The van der Waals surface area contributed by atoms with Crippen LogP contribution >= 0.6 is 0 Å². The van der Waals surface area contributed by atoms with Gasteiger partial charge in [0.1, 0.15) is 5.75 Å². The SMILES string of the molecule is CCc1cc(OC)c(C(N)=O)cc1C(F)(F)F. The minimum atomic E-state index is -4.51. The van der Waals surface area contributed by atoms with Crippen molar-refractivity contribution in [3.8, 4) is 5.75 Å². The Hall–Kier alpha value is -1.72. The van der Waals surface area contributed by atoms with E-state index < -0.39 is 17.6 Å². The fraction of sp³-hybridized carbons (Fsp3) is 0.364. The summed E-state index contributed by atoms with van der Waals surface area (Å²) >= 11 is 0. The van der Waals surface area contributed by atoms with E-state index in [1.165, 1.54) is 13.2 Å². The Kier molecular flexibility index (Phi) is 3.65. The average Bonchev–Trinajstić information content (AvgIpc) is 2.25. The fourth-order valence-electron chi connectivity index (χ4n) is 1.54. The van der Waals surface area contributed by atoms with Gasteiger partial charge in [-0.3, -0.25) is 4.79 Å². The Morgan fingerprint density at radius 3 is 2.35 bits per heavy atom. The molecule has 0 spiro atoms. The predicted octanol–water partition coefficient (Wildman–Crippen LogP) is 2.38. The molecule has 2 N–H and O–H groups in total. The molecule has 17 heavy (non-hydrogen) atoms. The number of ether oxygens (including phenoxy) is 1. The number of primary amides is 1. The van der Waals surface area contributed by atoms with E-state index in [-0.39, 0.29) is 23.3 Å². The van der Waals surface area contributed by atoms with Crippen molar-refractivity contribution in [2.75, 3.05) is 7.11 Å². The summed E-state index contributed by atoms with van der Waals surface area (Å²) in [6.07, 6.45) is -4.33. The molecule has 1 amide bonds. The summed E-state index contributed by atoms with van der Waals surface area (Å²) in [6.45, 7) is 1.59. The molecular formula is C11H12F3NO2. The molecular weight excluding hydrogens is 235 g/mol. The van der Waals surface area contributed by atoms with Gasteiger partial charge in [0.25, 0.3) is 5.91 Å². The van der Waals surface area contributed by atoms with Crippen molar-refractivity contribution in [3.63, 3.8) is 0 Å². The highest BCUT2D eigenvalue weighted by Gasteiger charge is 2.34. The Bertz CT molecular complexity index is 441. The van der Waals surface area contributed by atoms with Crippen molar-refractivity contribution in [2.24, 2.45) is 5.73 Å². The summed E-state index contributed by atoms with van der Waals surface area (Å²) in [5.74, 6) is -0.891. The van der Waals surface area contributed by atoms with E-state index in [9.17, 15) is 18.0 Å². The van der Waals surface area contributed by atoms with Gasteiger partial charge in [-0.1, -0.05) is 6.92 Å². The second-order valence-corrected chi connectivity index (χ2v) is 3.43. The Morgan fingerprint density at radius 1 is 1.41 bits per heavy atom. The summed E-state index contributed by atoms with van der Waals surface area (Å²) in [5, 5.41) is 0. The Labute approximate surface area is 96.4 Å². The van der Waals surface area contributed by atoms with Gasteiger partial charge in [-0.05, 0) is 24.1 Å². The lowest BCUT2D eigenvalue weighted by atomic mass is 10.00. The van der Waals surface area contributed by atoms with Crippen LogP contribution in [0.15, 0.2) is 12.1 Å². The number of rotatable bonds is 3. The first-order valence-corrected chi connectivity index (χ1v) is 4.89. The lowest BCUT2D eigenvalue weighted by molar-refractivity contribution is -0.138. The molecule has 0 atom stereocenters. The number of carbonyl (C=O) groups is 1. The number of methoxy groups -OCH3 is 1. The second-order valence-electron chi connectivity index (χ2n) is 3.43. The van der Waals surface area contributed by atoms with E-state index in [1.54, 1.807) is 6.92 Å². The highest BCUT2D eigenvalue weighted by atomic mass is 19.4. The first-order chi connectivity index (χ1) is 7.81. The van der Waals surface area contributed by atoms with Crippen molar-refractivity contribution in [2.45, 2.75) is 19.5 Å². The van der Waals surface area contributed by atoms with Gasteiger partial charge in [0, 0.05) is 0 Å². The van der Waals surface area contributed by atoms with Gasteiger partial charge in [-0.2, -0.15) is 13.2 Å². The van der Waals surface area contributed by atoms with Crippen LogP contribution < -0.4 is 10.5 Å². The lowest BCUT2D eigenvalue weighted by Crippen LogP contribution is -2.16. The first kappa shape index (κ1) is 13.3. The molecule has 1 aromatic carbocycles. The second kappa shape index (κ2) is 4.65. The van der Waals surface area contributed by atoms with E-state index in [2.05, 4.69) is 0 Å². The number of benzene rings is 1. The number of nitrogens with two attached hydrogens (primary N) is 1.